The number of aromatic nitrogens is 3. The van der Waals surface area contributed by atoms with Crippen molar-refractivity contribution in [2.75, 3.05) is 19.8 Å². The van der Waals surface area contributed by atoms with Crippen molar-refractivity contribution in [1.29, 1.82) is 5.26 Å². The molecule has 1 atom stereocenters. The fourth-order valence-electron chi connectivity index (χ4n) is 2.56. The van der Waals surface area contributed by atoms with E-state index in [9.17, 15) is 0 Å². The average molecular weight is 264 g/mol. The summed E-state index contributed by atoms with van der Waals surface area (Å²) in [7, 11) is 0. The van der Waals surface area contributed by atoms with Gasteiger partial charge in [0.15, 0.2) is 0 Å². The minimum absolute atomic E-state index is 0.0998. The van der Waals surface area contributed by atoms with Gasteiger partial charge in [0, 0.05) is 25.7 Å². The van der Waals surface area contributed by atoms with Crippen LogP contribution in [0.25, 0.3) is 0 Å². The lowest BCUT2D eigenvalue weighted by Gasteiger charge is -2.25. The number of ether oxygens (including phenoxy) is 1. The standard InChI is InChI=1S/C13H20N4O2/c1-10(3-7-18)17-13(11-4-8-19-9-5-11)12(2-6-14)15-16-17/h10-11,18H,2-5,7-9H2,1H3. The molecular formula is C13H20N4O2. The Balaban J connectivity index is 2.29. The quantitative estimate of drug-likeness (QED) is 0.863. The SMILES string of the molecule is CC(CCO)n1nnc(CC#N)c1C1CCOCC1. The highest BCUT2D eigenvalue weighted by Gasteiger charge is 2.26. The number of aliphatic hydroxyl groups excluding tert-OH is 1. The van der Waals surface area contributed by atoms with Crippen LogP contribution in [0, 0.1) is 11.3 Å². The van der Waals surface area contributed by atoms with E-state index in [4.69, 9.17) is 15.1 Å². The van der Waals surface area contributed by atoms with E-state index in [0.29, 0.717) is 18.8 Å². The molecule has 0 amide bonds. The van der Waals surface area contributed by atoms with Crippen LogP contribution < -0.4 is 0 Å². The van der Waals surface area contributed by atoms with Gasteiger partial charge in [0.05, 0.1) is 24.2 Å². The van der Waals surface area contributed by atoms with Crippen LogP contribution >= 0.6 is 0 Å². The molecule has 1 aromatic rings. The molecule has 0 bridgehead atoms. The molecule has 1 N–H and O–H groups in total. The zero-order valence-electron chi connectivity index (χ0n) is 11.2. The summed E-state index contributed by atoms with van der Waals surface area (Å²) in [5, 5.41) is 26.3. The Labute approximate surface area is 113 Å². The van der Waals surface area contributed by atoms with E-state index in [1.54, 1.807) is 0 Å². The largest absolute Gasteiger partial charge is 0.396 e. The van der Waals surface area contributed by atoms with Gasteiger partial charge >= 0.3 is 0 Å². The fraction of sp³-hybridized carbons (Fsp3) is 0.769. The molecule has 104 valence electrons. The lowest BCUT2D eigenvalue weighted by atomic mass is 9.93. The summed E-state index contributed by atoms with van der Waals surface area (Å²) in [6.45, 7) is 3.64. The second-order valence-corrected chi connectivity index (χ2v) is 4.95. The van der Waals surface area contributed by atoms with Gasteiger partial charge in [0.2, 0.25) is 0 Å². The minimum Gasteiger partial charge on any atom is -0.396 e. The average Bonchev–Trinajstić information content (AvgIpc) is 2.84. The molecular weight excluding hydrogens is 244 g/mol. The molecule has 1 aliphatic rings. The van der Waals surface area contributed by atoms with Crippen molar-refractivity contribution >= 4 is 0 Å². The van der Waals surface area contributed by atoms with Crippen LogP contribution in [0.15, 0.2) is 0 Å². The third kappa shape index (κ3) is 3.11. The van der Waals surface area contributed by atoms with Crippen LogP contribution in [-0.2, 0) is 11.2 Å². The molecule has 2 heterocycles. The van der Waals surface area contributed by atoms with Crippen molar-refractivity contribution in [1.82, 2.24) is 15.0 Å². The number of nitrogens with zero attached hydrogens (tertiary/aromatic N) is 4. The Morgan fingerprint density at radius 3 is 2.89 bits per heavy atom. The molecule has 1 fully saturated rings. The molecule has 1 unspecified atom stereocenters. The molecule has 0 saturated carbocycles. The monoisotopic (exact) mass is 264 g/mol. The molecule has 2 rings (SSSR count). The number of nitriles is 1. The van der Waals surface area contributed by atoms with Crippen LogP contribution in [0.3, 0.4) is 0 Å². The molecule has 19 heavy (non-hydrogen) atoms. The number of rotatable bonds is 5. The van der Waals surface area contributed by atoms with Gasteiger partial charge < -0.3 is 9.84 Å². The van der Waals surface area contributed by atoms with Gasteiger partial charge in [0.25, 0.3) is 0 Å². The zero-order valence-corrected chi connectivity index (χ0v) is 11.2. The van der Waals surface area contributed by atoms with Crippen molar-refractivity contribution in [3.05, 3.63) is 11.4 Å². The van der Waals surface area contributed by atoms with Crippen molar-refractivity contribution < 1.29 is 9.84 Å². The first kappa shape index (κ1) is 14.0. The first-order valence-corrected chi connectivity index (χ1v) is 6.77. The van der Waals surface area contributed by atoms with E-state index in [1.807, 2.05) is 11.6 Å². The number of aliphatic hydroxyl groups is 1. The van der Waals surface area contributed by atoms with Gasteiger partial charge in [-0.3, -0.25) is 0 Å². The van der Waals surface area contributed by atoms with Crippen LogP contribution in [-0.4, -0.2) is 39.9 Å². The Morgan fingerprint density at radius 1 is 1.53 bits per heavy atom. The molecule has 0 radical (unpaired) electrons. The van der Waals surface area contributed by atoms with E-state index in [2.05, 4.69) is 16.4 Å². The normalized spacial score (nSPS) is 18.2. The predicted octanol–water partition coefficient (Wildman–Crippen LogP) is 1.18. The summed E-state index contributed by atoms with van der Waals surface area (Å²) in [5.41, 5.74) is 1.84. The molecule has 0 aromatic carbocycles. The van der Waals surface area contributed by atoms with E-state index in [0.717, 1.165) is 37.4 Å². The van der Waals surface area contributed by atoms with Crippen LogP contribution in [0.1, 0.15) is 49.5 Å². The molecule has 1 aliphatic heterocycles. The lowest BCUT2D eigenvalue weighted by Crippen LogP contribution is -2.21. The highest BCUT2D eigenvalue weighted by atomic mass is 16.5. The highest BCUT2D eigenvalue weighted by Crippen LogP contribution is 2.30. The molecule has 1 saturated heterocycles. The lowest BCUT2D eigenvalue weighted by molar-refractivity contribution is 0.0827. The smallest absolute Gasteiger partial charge is 0.100 e. The molecule has 6 heteroatoms. The maximum absolute atomic E-state index is 9.08. The van der Waals surface area contributed by atoms with Crippen molar-refractivity contribution in [2.24, 2.45) is 0 Å². The third-order valence-corrected chi connectivity index (χ3v) is 3.62. The maximum atomic E-state index is 9.08. The van der Waals surface area contributed by atoms with Crippen molar-refractivity contribution in [2.45, 2.75) is 44.6 Å². The van der Waals surface area contributed by atoms with Gasteiger partial charge in [0.1, 0.15) is 5.69 Å². The first-order valence-electron chi connectivity index (χ1n) is 6.77. The Hall–Kier alpha value is -1.45. The van der Waals surface area contributed by atoms with E-state index in [-0.39, 0.29) is 12.6 Å². The summed E-state index contributed by atoms with van der Waals surface area (Å²) in [5.74, 6) is 0.355. The molecule has 0 aliphatic carbocycles. The Bertz CT molecular complexity index is 446. The first-order chi connectivity index (χ1) is 9.27. The second-order valence-electron chi connectivity index (χ2n) is 4.95. The van der Waals surface area contributed by atoms with Gasteiger partial charge in [-0.2, -0.15) is 5.26 Å². The van der Waals surface area contributed by atoms with Gasteiger partial charge in [-0.25, -0.2) is 4.68 Å². The molecule has 0 spiro atoms. The molecule has 6 nitrogen and oxygen atoms in total. The van der Waals surface area contributed by atoms with Crippen LogP contribution in [0.4, 0.5) is 0 Å². The fourth-order valence-corrected chi connectivity index (χ4v) is 2.56. The summed E-state index contributed by atoms with van der Waals surface area (Å²) in [4.78, 5) is 0. The van der Waals surface area contributed by atoms with Crippen molar-refractivity contribution in [3.63, 3.8) is 0 Å². The van der Waals surface area contributed by atoms with Gasteiger partial charge in [-0.15, -0.1) is 5.10 Å². The van der Waals surface area contributed by atoms with Crippen molar-refractivity contribution in [3.8, 4) is 6.07 Å². The topological polar surface area (TPSA) is 84.0 Å². The van der Waals surface area contributed by atoms with E-state index in [1.165, 1.54) is 0 Å². The third-order valence-electron chi connectivity index (χ3n) is 3.62. The van der Waals surface area contributed by atoms with E-state index >= 15 is 0 Å². The summed E-state index contributed by atoms with van der Waals surface area (Å²) in [6.07, 6.45) is 2.82. The number of hydrogen-bond donors (Lipinski definition) is 1. The summed E-state index contributed by atoms with van der Waals surface area (Å²) >= 11 is 0. The number of hydrogen-bond acceptors (Lipinski definition) is 5. The summed E-state index contributed by atoms with van der Waals surface area (Å²) in [6, 6.07) is 2.25. The highest BCUT2D eigenvalue weighted by molar-refractivity contribution is 5.20. The van der Waals surface area contributed by atoms with Crippen LogP contribution in [0.5, 0.6) is 0 Å². The maximum Gasteiger partial charge on any atom is 0.100 e. The second kappa shape index (κ2) is 6.64. The Morgan fingerprint density at radius 2 is 2.26 bits per heavy atom. The molecule has 1 aromatic heterocycles. The minimum atomic E-state index is 0.0998. The van der Waals surface area contributed by atoms with E-state index < -0.39 is 0 Å². The van der Waals surface area contributed by atoms with Gasteiger partial charge in [-0.1, -0.05) is 5.21 Å². The predicted molar refractivity (Wildman–Crippen MR) is 68.5 cm³/mol. The zero-order chi connectivity index (χ0) is 13.7. The van der Waals surface area contributed by atoms with Crippen LogP contribution in [0.2, 0.25) is 0 Å². The Kier molecular flexibility index (Phi) is 4.88. The van der Waals surface area contributed by atoms with Gasteiger partial charge in [-0.05, 0) is 26.2 Å². The summed E-state index contributed by atoms with van der Waals surface area (Å²) < 4.78 is 7.28.